The Kier molecular flexibility index (Phi) is 4.77. The van der Waals surface area contributed by atoms with Crippen LogP contribution in [0.15, 0.2) is 48.5 Å². The van der Waals surface area contributed by atoms with Gasteiger partial charge in [0.25, 0.3) is 0 Å². The van der Waals surface area contributed by atoms with E-state index in [-0.39, 0.29) is 11.8 Å². The van der Waals surface area contributed by atoms with Gasteiger partial charge in [-0.1, -0.05) is 24.3 Å². The first-order valence-corrected chi connectivity index (χ1v) is 6.49. The SMILES string of the molecule is COc1ccccc1NC(=O)N(C)Cc1cccc(F)c1. The fourth-order valence-corrected chi connectivity index (χ4v) is 1.94. The highest BCUT2D eigenvalue weighted by molar-refractivity contribution is 5.90. The van der Waals surface area contributed by atoms with Gasteiger partial charge in [-0.25, -0.2) is 9.18 Å². The lowest BCUT2D eigenvalue weighted by molar-refractivity contribution is 0.220. The van der Waals surface area contributed by atoms with E-state index >= 15 is 0 Å². The van der Waals surface area contributed by atoms with E-state index in [9.17, 15) is 9.18 Å². The lowest BCUT2D eigenvalue weighted by Crippen LogP contribution is -2.31. The van der Waals surface area contributed by atoms with Gasteiger partial charge < -0.3 is 15.0 Å². The van der Waals surface area contributed by atoms with E-state index in [0.717, 1.165) is 5.56 Å². The van der Waals surface area contributed by atoms with Gasteiger partial charge in [0.2, 0.25) is 0 Å². The third kappa shape index (κ3) is 3.95. The van der Waals surface area contributed by atoms with Gasteiger partial charge in [0.05, 0.1) is 12.8 Å². The van der Waals surface area contributed by atoms with Gasteiger partial charge >= 0.3 is 6.03 Å². The van der Waals surface area contributed by atoms with Crippen LogP contribution >= 0.6 is 0 Å². The minimum atomic E-state index is -0.314. The lowest BCUT2D eigenvalue weighted by Gasteiger charge is -2.19. The van der Waals surface area contributed by atoms with Crippen molar-refractivity contribution in [3.8, 4) is 5.75 Å². The zero-order chi connectivity index (χ0) is 15.2. The molecule has 0 unspecified atom stereocenters. The van der Waals surface area contributed by atoms with Crippen LogP contribution in [0.3, 0.4) is 0 Å². The Balaban J connectivity index is 2.02. The van der Waals surface area contributed by atoms with Crippen LogP contribution in [0.5, 0.6) is 5.75 Å². The zero-order valence-corrected chi connectivity index (χ0v) is 12.0. The number of hydrogen-bond donors (Lipinski definition) is 1. The first-order valence-electron chi connectivity index (χ1n) is 6.49. The Hall–Kier alpha value is -2.56. The molecule has 2 aromatic rings. The third-order valence-electron chi connectivity index (χ3n) is 3.00. The van der Waals surface area contributed by atoms with E-state index in [2.05, 4.69) is 5.32 Å². The van der Waals surface area contributed by atoms with E-state index < -0.39 is 0 Å². The molecule has 0 heterocycles. The number of carbonyl (C=O) groups is 1. The predicted molar refractivity (Wildman–Crippen MR) is 79.9 cm³/mol. The van der Waals surface area contributed by atoms with Crippen molar-refractivity contribution >= 4 is 11.7 Å². The molecular weight excluding hydrogens is 271 g/mol. The molecule has 0 radical (unpaired) electrons. The number of anilines is 1. The summed E-state index contributed by atoms with van der Waals surface area (Å²) in [6.45, 7) is 0.318. The number of urea groups is 1. The molecule has 0 aliphatic carbocycles. The zero-order valence-electron chi connectivity index (χ0n) is 12.0. The van der Waals surface area contributed by atoms with Crippen LogP contribution in [-0.2, 0) is 6.54 Å². The molecule has 0 aliphatic heterocycles. The Bertz CT molecular complexity index is 631. The second kappa shape index (κ2) is 6.74. The van der Waals surface area contributed by atoms with Crippen molar-refractivity contribution in [1.29, 1.82) is 0 Å². The number of hydrogen-bond acceptors (Lipinski definition) is 2. The van der Waals surface area contributed by atoms with E-state index in [1.54, 1.807) is 38.4 Å². The van der Waals surface area contributed by atoms with Crippen LogP contribution in [0.1, 0.15) is 5.56 Å². The van der Waals surface area contributed by atoms with Gasteiger partial charge in [0.15, 0.2) is 0 Å². The average molecular weight is 288 g/mol. The largest absolute Gasteiger partial charge is 0.495 e. The van der Waals surface area contributed by atoms with Gasteiger partial charge in [-0.2, -0.15) is 0 Å². The standard InChI is InChI=1S/C16H17FN2O2/c1-19(11-12-6-5-7-13(17)10-12)16(20)18-14-8-3-4-9-15(14)21-2/h3-10H,11H2,1-2H3,(H,18,20). The van der Waals surface area contributed by atoms with Crippen LogP contribution in [0.25, 0.3) is 0 Å². The fraction of sp³-hybridized carbons (Fsp3) is 0.188. The molecule has 0 saturated carbocycles. The minimum Gasteiger partial charge on any atom is -0.495 e. The number of benzene rings is 2. The molecule has 4 nitrogen and oxygen atoms in total. The Labute approximate surface area is 123 Å². The summed E-state index contributed by atoms with van der Waals surface area (Å²) >= 11 is 0. The summed E-state index contributed by atoms with van der Waals surface area (Å²) in [6.07, 6.45) is 0. The molecule has 110 valence electrons. The first kappa shape index (κ1) is 14.8. The predicted octanol–water partition coefficient (Wildman–Crippen LogP) is 3.50. The number of amides is 2. The van der Waals surface area contributed by atoms with Crippen molar-refractivity contribution in [2.45, 2.75) is 6.54 Å². The number of nitrogens with zero attached hydrogens (tertiary/aromatic N) is 1. The highest BCUT2D eigenvalue weighted by Gasteiger charge is 2.12. The van der Waals surface area contributed by atoms with Crippen molar-refractivity contribution in [1.82, 2.24) is 4.90 Å². The van der Waals surface area contributed by atoms with E-state index in [4.69, 9.17) is 4.74 Å². The summed E-state index contributed by atoms with van der Waals surface area (Å²) in [5.74, 6) is 0.274. The van der Waals surface area contributed by atoms with Gasteiger partial charge in [0.1, 0.15) is 11.6 Å². The van der Waals surface area contributed by atoms with Crippen LogP contribution < -0.4 is 10.1 Å². The van der Waals surface area contributed by atoms with Crippen molar-refractivity contribution in [2.24, 2.45) is 0 Å². The fourth-order valence-electron chi connectivity index (χ4n) is 1.94. The summed E-state index contributed by atoms with van der Waals surface area (Å²) in [4.78, 5) is 13.6. The summed E-state index contributed by atoms with van der Waals surface area (Å²) in [6, 6.07) is 13.0. The number of para-hydroxylation sites is 2. The molecule has 2 amide bonds. The van der Waals surface area contributed by atoms with Gasteiger partial charge in [-0.15, -0.1) is 0 Å². The number of halogens is 1. The summed E-state index contributed by atoms with van der Waals surface area (Å²) < 4.78 is 18.3. The topological polar surface area (TPSA) is 41.6 Å². The van der Waals surface area contributed by atoms with Crippen molar-refractivity contribution < 1.29 is 13.9 Å². The number of rotatable bonds is 4. The van der Waals surface area contributed by atoms with Crippen LogP contribution in [0.4, 0.5) is 14.9 Å². The molecule has 5 heteroatoms. The van der Waals surface area contributed by atoms with Crippen LogP contribution in [-0.4, -0.2) is 25.1 Å². The molecule has 0 saturated heterocycles. The first-order chi connectivity index (χ1) is 10.1. The summed E-state index contributed by atoms with van der Waals surface area (Å²) in [7, 11) is 3.19. The van der Waals surface area contributed by atoms with E-state index in [1.807, 2.05) is 12.1 Å². The minimum absolute atomic E-state index is 0.288. The molecule has 2 rings (SSSR count). The van der Waals surface area contributed by atoms with Crippen molar-refractivity contribution in [2.75, 3.05) is 19.5 Å². The van der Waals surface area contributed by atoms with E-state index in [0.29, 0.717) is 18.0 Å². The number of nitrogens with one attached hydrogen (secondary N) is 1. The maximum absolute atomic E-state index is 13.1. The smallest absolute Gasteiger partial charge is 0.321 e. The van der Waals surface area contributed by atoms with Gasteiger partial charge in [0, 0.05) is 13.6 Å². The van der Waals surface area contributed by atoms with Crippen LogP contribution in [0, 0.1) is 5.82 Å². The quantitative estimate of drug-likeness (QED) is 0.935. The van der Waals surface area contributed by atoms with Crippen molar-refractivity contribution in [3.63, 3.8) is 0 Å². The molecule has 21 heavy (non-hydrogen) atoms. The average Bonchev–Trinajstić information content (AvgIpc) is 2.47. The summed E-state index contributed by atoms with van der Waals surface area (Å²) in [5, 5.41) is 2.76. The van der Waals surface area contributed by atoms with Gasteiger partial charge in [-0.05, 0) is 29.8 Å². The molecule has 2 aromatic carbocycles. The van der Waals surface area contributed by atoms with E-state index in [1.165, 1.54) is 17.0 Å². The van der Waals surface area contributed by atoms with Crippen molar-refractivity contribution in [3.05, 3.63) is 59.9 Å². The summed E-state index contributed by atoms with van der Waals surface area (Å²) in [5.41, 5.74) is 1.32. The second-order valence-corrected chi connectivity index (χ2v) is 4.62. The molecule has 1 N–H and O–H groups in total. The molecule has 0 bridgehead atoms. The molecule has 0 aromatic heterocycles. The molecular formula is C16H17FN2O2. The maximum atomic E-state index is 13.1. The maximum Gasteiger partial charge on any atom is 0.321 e. The molecule has 0 aliphatic rings. The third-order valence-corrected chi connectivity index (χ3v) is 3.00. The number of ether oxygens (including phenoxy) is 1. The van der Waals surface area contributed by atoms with Crippen LogP contribution in [0.2, 0.25) is 0 Å². The Morgan fingerprint density at radius 3 is 2.71 bits per heavy atom. The molecule has 0 spiro atoms. The second-order valence-electron chi connectivity index (χ2n) is 4.62. The normalized spacial score (nSPS) is 10.0. The highest BCUT2D eigenvalue weighted by Crippen LogP contribution is 2.23. The monoisotopic (exact) mass is 288 g/mol. The lowest BCUT2D eigenvalue weighted by atomic mass is 10.2. The molecule has 0 atom stereocenters. The highest BCUT2D eigenvalue weighted by atomic mass is 19.1. The molecule has 0 fully saturated rings. The Morgan fingerprint density at radius 2 is 2.00 bits per heavy atom. The van der Waals surface area contributed by atoms with Gasteiger partial charge in [-0.3, -0.25) is 0 Å². The number of methoxy groups -OCH3 is 1. The number of carbonyl (C=O) groups excluding carboxylic acids is 1. The Morgan fingerprint density at radius 1 is 1.24 bits per heavy atom.